The highest BCUT2D eigenvalue weighted by molar-refractivity contribution is 5.82. The van der Waals surface area contributed by atoms with E-state index in [0.29, 0.717) is 0 Å². The molecule has 21 heavy (non-hydrogen) atoms. The van der Waals surface area contributed by atoms with Crippen LogP contribution in [0.1, 0.15) is 13.3 Å². The van der Waals surface area contributed by atoms with E-state index in [0.717, 1.165) is 36.2 Å². The summed E-state index contributed by atoms with van der Waals surface area (Å²) in [6.07, 6.45) is 0.649. The molecule has 0 spiro atoms. The van der Waals surface area contributed by atoms with Crippen molar-refractivity contribution in [2.45, 2.75) is 19.4 Å². The number of aromatic nitrogens is 1. The highest BCUT2D eigenvalue weighted by Crippen LogP contribution is 2.27. The molecule has 0 bridgehead atoms. The van der Waals surface area contributed by atoms with Gasteiger partial charge < -0.3 is 10.0 Å². The predicted octanol–water partition coefficient (Wildman–Crippen LogP) is 2.35. The molecule has 1 saturated heterocycles. The van der Waals surface area contributed by atoms with E-state index in [9.17, 15) is 15.2 Å². The molecule has 2 heterocycles. The zero-order valence-electron chi connectivity index (χ0n) is 11.8. The van der Waals surface area contributed by atoms with E-state index >= 15 is 0 Å². The second-order valence-electron chi connectivity index (χ2n) is 5.54. The molecular weight excluding hydrogens is 270 g/mol. The molecule has 2 unspecified atom stereocenters. The van der Waals surface area contributed by atoms with Crippen LogP contribution in [-0.4, -0.2) is 34.2 Å². The first kappa shape index (κ1) is 13.8. The maximum Gasteiger partial charge on any atom is 0.270 e. The molecular formula is C15H17N3O3. The molecule has 1 aromatic heterocycles. The van der Waals surface area contributed by atoms with Crippen LogP contribution < -0.4 is 4.90 Å². The number of non-ortho nitro benzene ring substituents is 1. The second-order valence-corrected chi connectivity index (χ2v) is 5.54. The van der Waals surface area contributed by atoms with Crippen molar-refractivity contribution in [3.05, 3.63) is 40.4 Å². The lowest BCUT2D eigenvalue weighted by Gasteiger charge is -2.19. The summed E-state index contributed by atoms with van der Waals surface area (Å²) in [6.45, 7) is 3.49. The highest BCUT2D eigenvalue weighted by Gasteiger charge is 2.26. The Hall–Kier alpha value is -2.21. The summed E-state index contributed by atoms with van der Waals surface area (Å²) in [6, 6.07) is 8.44. The minimum Gasteiger partial charge on any atom is -0.393 e. The van der Waals surface area contributed by atoms with Gasteiger partial charge in [-0.25, -0.2) is 4.98 Å². The maximum absolute atomic E-state index is 10.8. The van der Waals surface area contributed by atoms with Gasteiger partial charge in [-0.05, 0) is 31.5 Å². The first-order chi connectivity index (χ1) is 10.0. The number of aliphatic hydroxyl groups excluding tert-OH is 1. The number of hydrogen-bond donors (Lipinski definition) is 1. The zero-order valence-corrected chi connectivity index (χ0v) is 11.8. The standard InChI is InChI=1S/C15H17N3O3/c1-10(19)12-6-7-17(9-12)15-5-2-11-8-13(18(20)21)3-4-14(11)16-15/h2-5,8,10,12,19H,6-7,9H2,1H3. The topological polar surface area (TPSA) is 79.5 Å². The summed E-state index contributed by atoms with van der Waals surface area (Å²) in [5, 5.41) is 21.2. The molecule has 2 aromatic rings. The Bertz CT molecular complexity index is 687. The molecule has 1 aliphatic heterocycles. The van der Waals surface area contributed by atoms with E-state index in [-0.39, 0.29) is 17.7 Å². The van der Waals surface area contributed by atoms with Crippen molar-refractivity contribution < 1.29 is 10.0 Å². The number of hydrogen-bond acceptors (Lipinski definition) is 5. The molecule has 2 atom stereocenters. The minimum atomic E-state index is -0.402. The lowest BCUT2D eigenvalue weighted by molar-refractivity contribution is -0.384. The van der Waals surface area contributed by atoms with Crippen molar-refractivity contribution in [3.63, 3.8) is 0 Å². The van der Waals surface area contributed by atoms with Crippen LogP contribution in [-0.2, 0) is 0 Å². The van der Waals surface area contributed by atoms with Crippen LogP contribution in [0.5, 0.6) is 0 Å². The Balaban J connectivity index is 1.88. The molecule has 0 amide bonds. The monoisotopic (exact) mass is 287 g/mol. The van der Waals surface area contributed by atoms with Crippen LogP contribution >= 0.6 is 0 Å². The van der Waals surface area contributed by atoms with Crippen LogP contribution in [0.25, 0.3) is 10.9 Å². The molecule has 1 aliphatic rings. The molecule has 0 radical (unpaired) electrons. The van der Waals surface area contributed by atoms with E-state index in [1.54, 1.807) is 6.07 Å². The highest BCUT2D eigenvalue weighted by atomic mass is 16.6. The Labute approximate surface area is 122 Å². The predicted molar refractivity (Wildman–Crippen MR) is 80.4 cm³/mol. The maximum atomic E-state index is 10.8. The number of pyridine rings is 1. The number of nitro benzene ring substituents is 1. The van der Waals surface area contributed by atoms with Crippen LogP contribution in [0.3, 0.4) is 0 Å². The Kier molecular flexibility index (Phi) is 3.47. The summed E-state index contributed by atoms with van der Waals surface area (Å²) in [4.78, 5) is 17.1. The van der Waals surface area contributed by atoms with Crippen molar-refractivity contribution in [2.24, 2.45) is 5.92 Å². The fourth-order valence-corrected chi connectivity index (χ4v) is 2.78. The third kappa shape index (κ3) is 2.67. The minimum absolute atomic E-state index is 0.0763. The van der Waals surface area contributed by atoms with Crippen molar-refractivity contribution in [2.75, 3.05) is 18.0 Å². The molecule has 1 N–H and O–H groups in total. The van der Waals surface area contributed by atoms with Gasteiger partial charge in [0.1, 0.15) is 5.82 Å². The quantitative estimate of drug-likeness (QED) is 0.692. The number of benzene rings is 1. The number of nitrogens with zero attached hydrogens (tertiary/aromatic N) is 3. The van der Waals surface area contributed by atoms with Gasteiger partial charge in [-0.15, -0.1) is 0 Å². The number of rotatable bonds is 3. The average Bonchev–Trinajstić information content (AvgIpc) is 2.96. The van der Waals surface area contributed by atoms with E-state index in [4.69, 9.17) is 0 Å². The molecule has 0 aliphatic carbocycles. The van der Waals surface area contributed by atoms with Crippen molar-refractivity contribution in [1.29, 1.82) is 0 Å². The van der Waals surface area contributed by atoms with Crippen molar-refractivity contribution in [3.8, 4) is 0 Å². The van der Waals surface area contributed by atoms with Gasteiger partial charge in [-0.2, -0.15) is 0 Å². The van der Waals surface area contributed by atoms with Gasteiger partial charge in [0.2, 0.25) is 0 Å². The van der Waals surface area contributed by atoms with E-state index in [1.165, 1.54) is 12.1 Å². The zero-order chi connectivity index (χ0) is 15.0. The van der Waals surface area contributed by atoms with E-state index < -0.39 is 4.92 Å². The Morgan fingerprint density at radius 1 is 1.43 bits per heavy atom. The number of anilines is 1. The molecule has 6 heteroatoms. The summed E-state index contributed by atoms with van der Waals surface area (Å²) in [7, 11) is 0. The Morgan fingerprint density at radius 2 is 2.24 bits per heavy atom. The van der Waals surface area contributed by atoms with Gasteiger partial charge in [0.05, 0.1) is 16.5 Å². The molecule has 6 nitrogen and oxygen atoms in total. The van der Waals surface area contributed by atoms with Crippen LogP contribution in [0.2, 0.25) is 0 Å². The first-order valence-corrected chi connectivity index (χ1v) is 7.03. The van der Waals surface area contributed by atoms with Gasteiger partial charge in [0, 0.05) is 36.5 Å². The Morgan fingerprint density at radius 3 is 2.90 bits per heavy atom. The molecule has 0 saturated carbocycles. The average molecular weight is 287 g/mol. The molecule has 3 rings (SSSR count). The normalized spacial score (nSPS) is 19.9. The summed E-state index contributed by atoms with van der Waals surface area (Å²) in [5.74, 6) is 1.14. The summed E-state index contributed by atoms with van der Waals surface area (Å²) in [5.41, 5.74) is 0.825. The third-order valence-corrected chi connectivity index (χ3v) is 4.10. The van der Waals surface area contributed by atoms with Crippen molar-refractivity contribution >= 4 is 22.4 Å². The second kappa shape index (κ2) is 5.29. The molecule has 110 valence electrons. The number of aliphatic hydroxyl groups is 1. The third-order valence-electron chi connectivity index (χ3n) is 4.10. The van der Waals surface area contributed by atoms with Crippen LogP contribution in [0.4, 0.5) is 11.5 Å². The summed E-state index contributed by atoms with van der Waals surface area (Å²) < 4.78 is 0. The van der Waals surface area contributed by atoms with Gasteiger partial charge >= 0.3 is 0 Å². The first-order valence-electron chi connectivity index (χ1n) is 7.03. The largest absolute Gasteiger partial charge is 0.393 e. The van der Waals surface area contributed by atoms with E-state index in [2.05, 4.69) is 9.88 Å². The number of fused-ring (bicyclic) bond motifs is 1. The van der Waals surface area contributed by atoms with Gasteiger partial charge in [-0.1, -0.05) is 0 Å². The van der Waals surface area contributed by atoms with Crippen LogP contribution in [0.15, 0.2) is 30.3 Å². The molecule has 1 aromatic carbocycles. The van der Waals surface area contributed by atoms with Gasteiger partial charge in [0.15, 0.2) is 0 Å². The van der Waals surface area contributed by atoms with E-state index in [1.807, 2.05) is 19.1 Å². The SMILES string of the molecule is CC(O)C1CCN(c2ccc3cc([N+](=O)[O-])ccc3n2)C1. The van der Waals surface area contributed by atoms with Gasteiger partial charge in [0.25, 0.3) is 5.69 Å². The summed E-state index contributed by atoms with van der Waals surface area (Å²) >= 11 is 0. The number of nitro groups is 1. The van der Waals surface area contributed by atoms with Gasteiger partial charge in [-0.3, -0.25) is 10.1 Å². The smallest absolute Gasteiger partial charge is 0.270 e. The van der Waals surface area contributed by atoms with Crippen LogP contribution in [0, 0.1) is 16.0 Å². The lowest BCUT2D eigenvalue weighted by atomic mass is 10.0. The molecule has 1 fully saturated rings. The fraction of sp³-hybridized carbons (Fsp3) is 0.400. The lowest BCUT2D eigenvalue weighted by Crippen LogP contribution is -2.24. The van der Waals surface area contributed by atoms with Crippen molar-refractivity contribution in [1.82, 2.24) is 4.98 Å². The fourth-order valence-electron chi connectivity index (χ4n) is 2.78.